The molecule has 124 valence electrons. The highest BCUT2D eigenvalue weighted by atomic mass is 16.3. The smallest absolute Gasteiger partial charge is 0.242 e. The fourth-order valence-electron chi connectivity index (χ4n) is 2.59. The highest BCUT2D eigenvalue weighted by Crippen LogP contribution is 2.23. The maximum absolute atomic E-state index is 12.4. The summed E-state index contributed by atoms with van der Waals surface area (Å²) in [5.74, 6) is -0.118. The molecule has 0 aliphatic heterocycles. The molecule has 0 atom stereocenters. The molecule has 0 saturated carbocycles. The third-order valence-corrected chi connectivity index (χ3v) is 4.07. The van der Waals surface area contributed by atoms with Crippen molar-refractivity contribution in [1.29, 1.82) is 0 Å². The molecule has 0 aliphatic rings. The van der Waals surface area contributed by atoms with Crippen molar-refractivity contribution in [1.82, 2.24) is 9.80 Å². The molecular formula is C18H24N2O3. The lowest BCUT2D eigenvalue weighted by molar-refractivity contribution is -0.138. The number of amides is 2. The second-order valence-electron chi connectivity index (χ2n) is 5.75. The number of nitrogens with zero attached hydrogens (tertiary/aromatic N) is 2. The number of hydrogen-bond donors (Lipinski definition) is 0. The first-order valence-corrected chi connectivity index (χ1v) is 7.94. The second-order valence-corrected chi connectivity index (χ2v) is 5.75. The highest BCUT2D eigenvalue weighted by Gasteiger charge is 2.18. The minimum Gasteiger partial charge on any atom is -0.464 e. The second kappa shape index (κ2) is 7.31. The molecule has 5 heteroatoms. The van der Waals surface area contributed by atoms with E-state index >= 15 is 0 Å². The predicted molar refractivity (Wildman–Crippen MR) is 90.2 cm³/mol. The van der Waals surface area contributed by atoms with Crippen LogP contribution in [0.25, 0.3) is 11.0 Å². The van der Waals surface area contributed by atoms with E-state index in [1.54, 1.807) is 18.2 Å². The molecule has 0 spiro atoms. The molecule has 5 nitrogen and oxygen atoms in total. The van der Waals surface area contributed by atoms with Crippen LogP contribution in [0.3, 0.4) is 0 Å². The summed E-state index contributed by atoms with van der Waals surface area (Å²) in [6.07, 6.45) is 1.86. The summed E-state index contributed by atoms with van der Waals surface area (Å²) < 4.78 is 5.52. The van der Waals surface area contributed by atoms with E-state index < -0.39 is 0 Å². The molecule has 0 unspecified atom stereocenters. The summed E-state index contributed by atoms with van der Waals surface area (Å²) >= 11 is 0. The Labute approximate surface area is 136 Å². The Bertz CT molecular complexity index is 701. The van der Waals surface area contributed by atoms with Gasteiger partial charge in [-0.3, -0.25) is 9.59 Å². The maximum atomic E-state index is 12.4. The number of benzene rings is 1. The first-order valence-electron chi connectivity index (χ1n) is 7.94. The van der Waals surface area contributed by atoms with E-state index in [-0.39, 0.29) is 24.8 Å². The topological polar surface area (TPSA) is 53.8 Å². The fraction of sp³-hybridized carbons (Fsp3) is 0.444. The van der Waals surface area contributed by atoms with E-state index in [0.717, 1.165) is 22.1 Å². The average molecular weight is 316 g/mol. The molecule has 0 bridgehead atoms. The fourth-order valence-corrected chi connectivity index (χ4v) is 2.59. The Morgan fingerprint density at radius 3 is 2.48 bits per heavy atom. The van der Waals surface area contributed by atoms with Crippen molar-refractivity contribution < 1.29 is 14.0 Å². The lowest BCUT2D eigenvalue weighted by Crippen LogP contribution is -2.41. The van der Waals surface area contributed by atoms with Gasteiger partial charge in [-0.05, 0) is 32.4 Å². The summed E-state index contributed by atoms with van der Waals surface area (Å²) in [5, 5.41) is 0.951. The maximum Gasteiger partial charge on any atom is 0.242 e. The monoisotopic (exact) mass is 316 g/mol. The van der Waals surface area contributed by atoms with Gasteiger partial charge in [0, 0.05) is 31.1 Å². The molecule has 1 aromatic carbocycles. The summed E-state index contributed by atoms with van der Waals surface area (Å²) in [5.41, 5.74) is 2.76. The van der Waals surface area contributed by atoms with Crippen LogP contribution in [0, 0.1) is 6.92 Å². The van der Waals surface area contributed by atoms with Gasteiger partial charge in [0.25, 0.3) is 0 Å². The van der Waals surface area contributed by atoms with Crippen LogP contribution >= 0.6 is 0 Å². The van der Waals surface area contributed by atoms with Crippen molar-refractivity contribution in [2.75, 3.05) is 26.7 Å². The largest absolute Gasteiger partial charge is 0.464 e. The Morgan fingerprint density at radius 1 is 1.13 bits per heavy atom. The standard InChI is InChI=1S/C18H24N2O3/c1-5-20(6-2)18(22)11-19(4)17(21)10-14-12-23-16-9-13(3)7-8-15(14)16/h7-9,12H,5-6,10-11H2,1-4H3. The zero-order valence-electron chi connectivity index (χ0n) is 14.3. The number of rotatable bonds is 6. The van der Waals surface area contributed by atoms with Crippen LogP contribution in [0.5, 0.6) is 0 Å². The molecule has 0 N–H and O–H groups in total. The van der Waals surface area contributed by atoms with E-state index in [4.69, 9.17) is 4.42 Å². The Morgan fingerprint density at radius 2 is 1.83 bits per heavy atom. The molecule has 1 heterocycles. The van der Waals surface area contributed by atoms with Crippen molar-refractivity contribution in [2.45, 2.75) is 27.2 Å². The minimum absolute atomic E-state index is 0.0291. The number of hydrogen-bond acceptors (Lipinski definition) is 3. The van der Waals surface area contributed by atoms with Crippen LogP contribution in [-0.2, 0) is 16.0 Å². The number of furan rings is 1. The molecule has 0 saturated heterocycles. The van der Waals surface area contributed by atoms with Gasteiger partial charge in [-0.25, -0.2) is 0 Å². The SMILES string of the molecule is CCN(CC)C(=O)CN(C)C(=O)Cc1coc2cc(C)ccc12. The predicted octanol–water partition coefficient (Wildman–Crippen LogP) is 2.61. The normalized spacial score (nSPS) is 10.8. The lowest BCUT2D eigenvalue weighted by Gasteiger charge is -2.23. The van der Waals surface area contributed by atoms with Gasteiger partial charge in [0.05, 0.1) is 19.2 Å². The highest BCUT2D eigenvalue weighted by molar-refractivity contribution is 5.90. The van der Waals surface area contributed by atoms with E-state index in [0.29, 0.717) is 13.1 Å². The van der Waals surface area contributed by atoms with Crippen molar-refractivity contribution in [3.63, 3.8) is 0 Å². The number of aryl methyl sites for hydroxylation is 1. The molecule has 0 aliphatic carbocycles. The zero-order valence-corrected chi connectivity index (χ0v) is 14.3. The van der Waals surface area contributed by atoms with Crippen LogP contribution in [0.2, 0.25) is 0 Å². The minimum atomic E-state index is -0.0891. The molecule has 2 amide bonds. The first kappa shape index (κ1) is 17.1. The van der Waals surface area contributed by atoms with E-state index in [1.807, 2.05) is 39.0 Å². The summed E-state index contributed by atoms with van der Waals surface area (Å²) in [6.45, 7) is 7.28. The van der Waals surface area contributed by atoms with E-state index in [9.17, 15) is 9.59 Å². The number of likely N-dealkylation sites (N-methyl/N-ethyl adjacent to an activating group) is 2. The van der Waals surface area contributed by atoms with E-state index in [2.05, 4.69) is 0 Å². The van der Waals surface area contributed by atoms with Gasteiger partial charge in [0.2, 0.25) is 11.8 Å². The Kier molecular flexibility index (Phi) is 5.42. The Hall–Kier alpha value is -2.30. The number of fused-ring (bicyclic) bond motifs is 1. The van der Waals surface area contributed by atoms with Crippen LogP contribution in [0.4, 0.5) is 0 Å². The molecule has 0 fully saturated rings. The van der Waals surface area contributed by atoms with Crippen LogP contribution < -0.4 is 0 Å². The van der Waals surface area contributed by atoms with Crippen molar-refractivity contribution >= 4 is 22.8 Å². The summed E-state index contributed by atoms with van der Waals surface area (Å²) in [4.78, 5) is 27.7. The third kappa shape index (κ3) is 3.92. The van der Waals surface area contributed by atoms with Crippen LogP contribution in [0.15, 0.2) is 28.9 Å². The van der Waals surface area contributed by atoms with Gasteiger partial charge in [-0.2, -0.15) is 0 Å². The zero-order chi connectivity index (χ0) is 17.0. The van der Waals surface area contributed by atoms with Gasteiger partial charge in [0.15, 0.2) is 0 Å². The number of carbonyl (C=O) groups excluding carboxylic acids is 2. The molecular weight excluding hydrogens is 292 g/mol. The molecule has 1 aromatic heterocycles. The summed E-state index contributed by atoms with van der Waals surface area (Å²) in [7, 11) is 1.66. The van der Waals surface area contributed by atoms with Gasteiger partial charge >= 0.3 is 0 Å². The van der Waals surface area contributed by atoms with Gasteiger partial charge in [-0.1, -0.05) is 12.1 Å². The van der Waals surface area contributed by atoms with Crippen molar-refractivity contribution in [3.05, 3.63) is 35.6 Å². The van der Waals surface area contributed by atoms with E-state index in [1.165, 1.54) is 4.90 Å². The average Bonchev–Trinajstić information content (AvgIpc) is 2.90. The van der Waals surface area contributed by atoms with Gasteiger partial charge in [-0.15, -0.1) is 0 Å². The van der Waals surface area contributed by atoms with Crippen LogP contribution in [0.1, 0.15) is 25.0 Å². The van der Waals surface area contributed by atoms with Gasteiger partial charge in [0.1, 0.15) is 5.58 Å². The Balaban J connectivity index is 2.04. The van der Waals surface area contributed by atoms with Crippen LogP contribution in [-0.4, -0.2) is 48.3 Å². The molecule has 2 rings (SSSR count). The molecule has 0 radical (unpaired) electrons. The third-order valence-electron chi connectivity index (χ3n) is 4.07. The quantitative estimate of drug-likeness (QED) is 0.823. The molecule has 23 heavy (non-hydrogen) atoms. The number of carbonyl (C=O) groups is 2. The molecule has 2 aromatic rings. The first-order chi connectivity index (χ1) is 11.0. The summed E-state index contributed by atoms with van der Waals surface area (Å²) in [6, 6.07) is 5.92. The lowest BCUT2D eigenvalue weighted by atomic mass is 10.1. The van der Waals surface area contributed by atoms with Crippen molar-refractivity contribution in [3.8, 4) is 0 Å². The van der Waals surface area contributed by atoms with Gasteiger partial charge < -0.3 is 14.2 Å². The van der Waals surface area contributed by atoms with Crippen molar-refractivity contribution in [2.24, 2.45) is 0 Å².